The quantitative estimate of drug-likeness (QED) is 0.665. The van der Waals surface area contributed by atoms with Crippen LogP contribution in [0.5, 0.6) is 0 Å². The number of nitrogens with one attached hydrogen (secondary N) is 1. The molecule has 1 heterocycles. The zero-order valence-corrected chi connectivity index (χ0v) is 10.7. The van der Waals surface area contributed by atoms with Crippen LogP contribution in [0.4, 0.5) is 5.69 Å². The van der Waals surface area contributed by atoms with Crippen LogP contribution in [0.3, 0.4) is 0 Å². The third-order valence-corrected chi connectivity index (χ3v) is 2.91. The molecule has 1 aromatic rings. The van der Waals surface area contributed by atoms with Crippen molar-refractivity contribution in [3.8, 4) is 0 Å². The minimum absolute atomic E-state index is 0.0814. The van der Waals surface area contributed by atoms with Crippen molar-refractivity contribution in [1.29, 1.82) is 0 Å². The second kappa shape index (κ2) is 5.65. The Bertz CT molecular complexity index is 536. The van der Waals surface area contributed by atoms with E-state index in [0.29, 0.717) is 23.2 Å². The van der Waals surface area contributed by atoms with E-state index in [9.17, 15) is 14.4 Å². The van der Waals surface area contributed by atoms with Crippen LogP contribution in [0, 0.1) is 0 Å². The van der Waals surface area contributed by atoms with Crippen LogP contribution in [-0.2, 0) is 20.7 Å². The van der Waals surface area contributed by atoms with Gasteiger partial charge in [0, 0.05) is 12.1 Å². The SMILES string of the molecule is CCCCC(=O)Nc1ccc2c(c1)C(=O)OC(=O)C2. The number of cyclic esters (lactones) is 2. The van der Waals surface area contributed by atoms with Crippen molar-refractivity contribution in [2.45, 2.75) is 32.6 Å². The fourth-order valence-electron chi connectivity index (χ4n) is 1.91. The number of fused-ring (bicyclic) bond motifs is 1. The summed E-state index contributed by atoms with van der Waals surface area (Å²) in [6.45, 7) is 2.01. The van der Waals surface area contributed by atoms with E-state index in [1.165, 1.54) is 0 Å². The van der Waals surface area contributed by atoms with Gasteiger partial charge in [-0.1, -0.05) is 19.4 Å². The van der Waals surface area contributed by atoms with Gasteiger partial charge in [0.15, 0.2) is 0 Å². The Kier molecular flexibility index (Phi) is 3.94. The van der Waals surface area contributed by atoms with Crippen LogP contribution in [0.15, 0.2) is 18.2 Å². The summed E-state index contributed by atoms with van der Waals surface area (Å²) in [6, 6.07) is 4.91. The molecule has 1 aromatic carbocycles. The Morgan fingerprint density at radius 1 is 1.37 bits per heavy atom. The van der Waals surface area contributed by atoms with Crippen molar-refractivity contribution in [2.24, 2.45) is 0 Å². The zero-order valence-electron chi connectivity index (χ0n) is 10.7. The maximum absolute atomic E-state index is 11.6. The first kappa shape index (κ1) is 13.3. The number of hydrogen-bond acceptors (Lipinski definition) is 4. The highest BCUT2D eigenvalue weighted by molar-refractivity contribution is 6.03. The summed E-state index contributed by atoms with van der Waals surface area (Å²) < 4.78 is 4.55. The molecule has 0 spiro atoms. The number of esters is 2. The molecule has 5 heteroatoms. The molecule has 0 fully saturated rings. The summed E-state index contributed by atoms with van der Waals surface area (Å²) in [6.07, 6.45) is 2.32. The van der Waals surface area contributed by atoms with Crippen molar-refractivity contribution in [3.05, 3.63) is 29.3 Å². The summed E-state index contributed by atoms with van der Waals surface area (Å²) in [5, 5.41) is 2.73. The molecule has 100 valence electrons. The Morgan fingerprint density at radius 3 is 2.89 bits per heavy atom. The van der Waals surface area contributed by atoms with Crippen LogP contribution in [0.25, 0.3) is 0 Å². The van der Waals surface area contributed by atoms with Gasteiger partial charge in [0.25, 0.3) is 0 Å². The Labute approximate surface area is 110 Å². The first-order valence-electron chi connectivity index (χ1n) is 6.28. The zero-order chi connectivity index (χ0) is 13.8. The minimum atomic E-state index is -0.657. The summed E-state index contributed by atoms with van der Waals surface area (Å²) >= 11 is 0. The van der Waals surface area contributed by atoms with E-state index in [1.54, 1.807) is 18.2 Å². The average molecular weight is 261 g/mol. The van der Waals surface area contributed by atoms with Gasteiger partial charge in [0.2, 0.25) is 5.91 Å². The molecule has 1 aliphatic rings. The largest absolute Gasteiger partial charge is 0.389 e. The standard InChI is InChI=1S/C14H15NO4/c1-2-3-4-12(16)15-10-6-5-9-7-13(17)19-14(18)11(9)8-10/h5-6,8H,2-4,7H2,1H3,(H,15,16). The smallest absolute Gasteiger partial charge is 0.346 e. The fraction of sp³-hybridized carbons (Fsp3) is 0.357. The van der Waals surface area contributed by atoms with Gasteiger partial charge < -0.3 is 10.1 Å². The molecule has 0 atom stereocenters. The lowest BCUT2D eigenvalue weighted by Crippen LogP contribution is -2.23. The van der Waals surface area contributed by atoms with E-state index in [2.05, 4.69) is 10.1 Å². The Hall–Kier alpha value is -2.17. The maximum atomic E-state index is 11.6. The Balaban J connectivity index is 2.13. The molecular weight excluding hydrogens is 246 g/mol. The van der Waals surface area contributed by atoms with Gasteiger partial charge in [0.1, 0.15) is 0 Å². The lowest BCUT2D eigenvalue weighted by atomic mass is 10.0. The number of rotatable bonds is 4. The van der Waals surface area contributed by atoms with E-state index >= 15 is 0 Å². The molecule has 0 bridgehead atoms. The van der Waals surface area contributed by atoms with Gasteiger partial charge in [-0.15, -0.1) is 0 Å². The molecule has 0 radical (unpaired) electrons. The van der Waals surface area contributed by atoms with Crippen LogP contribution in [0.2, 0.25) is 0 Å². The van der Waals surface area contributed by atoms with Crippen molar-refractivity contribution < 1.29 is 19.1 Å². The molecule has 0 saturated heterocycles. The summed E-state index contributed by atoms with van der Waals surface area (Å²) in [7, 11) is 0. The third-order valence-electron chi connectivity index (χ3n) is 2.91. The minimum Gasteiger partial charge on any atom is -0.389 e. The molecule has 0 aliphatic carbocycles. The molecule has 0 unspecified atom stereocenters. The van der Waals surface area contributed by atoms with E-state index in [1.807, 2.05) is 6.92 Å². The number of unbranched alkanes of at least 4 members (excludes halogenated alkanes) is 1. The predicted molar refractivity (Wildman–Crippen MR) is 68.7 cm³/mol. The number of ether oxygens (including phenoxy) is 1. The number of carbonyl (C=O) groups excluding carboxylic acids is 3. The highest BCUT2D eigenvalue weighted by Gasteiger charge is 2.24. The van der Waals surface area contributed by atoms with Crippen molar-refractivity contribution in [1.82, 2.24) is 0 Å². The average Bonchev–Trinajstić information content (AvgIpc) is 2.37. The normalized spacial score (nSPS) is 13.7. The lowest BCUT2D eigenvalue weighted by Gasteiger charge is -2.15. The van der Waals surface area contributed by atoms with E-state index in [4.69, 9.17) is 0 Å². The van der Waals surface area contributed by atoms with Crippen molar-refractivity contribution in [3.63, 3.8) is 0 Å². The first-order chi connectivity index (χ1) is 9.10. The number of benzene rings is 1. The third kappa shape index (κ3) is 3.19. The second-order valence-corrected chi connectivity index (χ2v) is 4.46. The second-order valence-electron chi connectivity index (χ2n) is 4.46. The Morgan fingerprint density at radius 2 is 2.16 bits per heavy atom. The summed E-state index contributed by atoms with van der Waals surface area (Å²) in [5.74, 6) is -1.28. The number of carbonyl (C=O) groups is 3. The van der Waals surface area contributed by atoms with Gasteiger partial charge >= 0.3 is 11.9 Å². The highest BCUT2D eigenvalue weighted by atomic mass is 16.6. The van der Waals surface area contributed by atoms with Crippen LogP contribution in [-0.4, -0.2) is 17.8 Å². The van der Waals surface area contributed by atoms with Crippen LogP contribution >= 0.6 is 0 Å². The number of hydrogen-bond donors (Lipinski definition) is 1. The van der Waals surface area contributed by atoms with E-state index < -0.39 is 11.9 Å². The van der Waals surface area contributed by atoms with Crippen molar-refractivity contribution in [2.75, 3.05) is 5.32 Å². The fourth-order valence-corrected chi connectivity index (χ4v) is 1.91. The van der Waals surface area contributed by atoms with Gasteiger partial charge in [-0.2, -0.15) is 0 Å². The van der Waals surface area contributed by atoms with Gasteiger partial charge in [0.05, 0.1) is 12.0 Å². The topological polar surface area (TPSA) is 72.5 Å². The van der Waals surface area contributed by atoms with Crippen LogP contribution < -0.4 is 5.32 Å². The predicted octanol–water partition coefficient (Wildman–Crippen LogP) is 2.05. The number of amides is 1. The van der Waals surface area contributed by atoms with Gasteiger partial charge in [-0.3, -0.25) is 9.59 Å². The highest BCUT2D eigenvalue weighted by Crippen LogP contribution is 2.21. The molecule has 0 aromatic heterocycles. The molecule has 19 heavy (non-hydrogen) atoms. The molecule has 1 aliphatic heterocycles. The lowest BCUT2D eigenvalue weighted by molar-refractivity contribution is -0.137. The molecule has 1 amide bonds. The molecular formula is C14H15NO4. The summed E-state index contributed by atoms with van der Waals surface area (Å²) in [5.41, 5.74) is 1.52. The first-order valence-corrected chi connectivity index (χ1v) is 6.28. The molecule has 2 rings (SSSR count). The number of anilines is 1. The van der Waals surface area contributed by atoms with Crippen LogP contribution in [0.1, 0.15) is 42.1 Å². The molecule has 1 N–H and O–H groups in total. The molecule has 0 saturated carbocycles. The van der Waals surface area contributed by atoms with Gasteiger partial charge in [-0.25, -0.2) is 4.79 Å². The maximum Gasteiger partial charge on any atom is 0.346 e. The monoisotopic (exact) mass is 261 g/mol. The van der Waals surface area contributed by atoms with E-state index in [0.717, 1.165) is 12.8 Å². The summed E-state index contributed by atoms with van der Waals surface area (Å²) in [4.78, 5) is 34.2. The molecule has 5 nitrogen and oxygen atoms in total. The van der Waals surface area contributed by atoms with Gasteiger partial charge in [-0.05, 0) is 24.1 Å². The van der Waals surface area contributed by atoms with E-state index in [-0.39, 0.29) is 12.3 Å². The van der Waals surface area contributed by atoms with Crippen molar-refractivity contribution >= 4 is 23.5 Å².